The van der Waals surface area contributed by atoms with Crippen LogP contribution in [0.1, 0.15) is 51.4 Å². The smallest absolute Gasteiger partial charge is 0.0237 e. The van der Waals surface area contributed by atoms with Crippen molar-refractivity contribution in [1.29, 1.82) is 0 Å². The molecule has 0 spiro atoms. The fourth-order valence-corrected chi connectivity index (χ4v) is 8.30. The molecule has 6 heteroatoms. The van der Waals surface area contributed by atoms with Crippen molar-refractivity contribution in [2.45, 2.75) is 44.9 Å². The van der Waals surface area contributed by atoms with E-state index in [9.17, 15) is 0 Å². The minimum Gasteiger partial charge on any atom is -0.0619 e. The topological polar surface area (TPSA) is 36.4 Å². The number of benzene rings is 4. The molecule has 3 aromatic heterocycles. The number of aromatic nitrogens is 4. The molecule has 1 unspecified atom stereocenters. The molecule has 2 aliphatic rings. The maximum Gasteiger partial charge on any atom is 0.0237 e. The van der Waals surface area contributed by atoms with Crippen LogP contribution < -0.4 is 4.74 Å². The molecule has 0 N–H and O–H groups in total. The van der Waals surface area contributed by atoms with Crippen LogP contribution in [0.4, 0.5) is 0 Å². The Morgan fingerprint density at radius 3 is 2.61 bits per heavy atom. The third-order valence-corrected chi connectivity index (χ3v) is 11.3. The van der Waals surface area contributed by atoms with Crippen molar-refractivity contribution in [3.63, 3.8) is 0 Å². The molecule has 4 aromatic carbocycles. The zero-order chi connectivity index (χ0) is 35.1. The van der Waals surface area contributed by atoms with Gasteiger partial charge in [0.2, 0.25) is 0 Å². The maximum atomic E-state index is 8.59. The van der Waals surface area contributed by atoms with E-state index in [1.807, 2.05) is 67.9 Å². The Morgan fingerprint density at radius 1 is 0.909 bits per heavy atom. The Balaban J connectivity index is 1.30. The van der Waals surface area contributed by atoms with Crippen molar-refractivity contribution >= 4 is 27.3 Å². The number of imidazole rings is 2. The number of aryl methyl sites for hydroxylation is 2. The molecule has 1 aliphatic heterocycles. The maximum absolute atomic E-state index is 8.59. The molecule has 0 saturated heterocycles. The first-order valence-electron chi connectivity index (χ1n) is 17.7. The van der Waals surface area contributed by atoms with Crippen LogP contribution in [0, 0.1) is 10.7 Å². The van der Waals surface area contributed by atoms with Crippen molar-refractivity contribution < 1.29 is 32.3 Å². The molecule has 5 nitrogen and oxygen atoms in total. The van der Waals surface area contributed by atoms with Crippen molar-refractivity contribution in [3.05, 3.63) is 117 Å². The standard InChI is InChI=1S/C38H32N4O.Pt/c1-23-13-16-31-34-32(23)29-15-14-27(43-26-11-8-10-25(19-26)41-18-17-40(5)22-41)20-30(29)36-39-33-28-12-7-6-9-24(28)21-38(4,37(31,2)3)35(33)42(34)36;/h6-20H,21H2,1-5H3;/i1D3,5D3;. The monoisotopic (exact) mass is 761 g/mol. The van der Waals surface area contributed by atoms with Crippen LogP contribution in [-0.2, 0) is 43.6 Å². The van der Waals surface area contributed by atoms with Gasteiger partial charge in [-0.1, -0.05) is 57.2 Å². The summed E-state index contributed by atoms with van der Waals surface area (Å²) in [6, 6.07) is 25.6. The SMILES string of the molecule is [2H]C([2H])([2H])c1ccc2c3c1c1ccc(Oc4cccc(-n5ccn(C([2H])([2H])[2H])[c]5=[Pt])c4)cc1c1nc4c(n13)C(C)(Cc1ccccc1-4)C2(C)C. The molecule has 0 amide bonds. The third-order valence-electron chi connectivity index (χ3n) is 10.2. The summed E-state index contributed by atoms with van der Waals surface area (Å²) in [7, 11) is 0. The summed E-state index contributed by atoms with van der Waals surface area (Å²) in [5.41, 5.74) is 7.66. The molecule has 4 heterocycles. The number of pyridine rings is 1. The molecule has 0 saturated carbocycles. The molecule has 1 aliphatic carbocycles. The fourth-order valence-electron chi connectivity index (χ4n) is 7.67. The summed E-state index contributed by atoms with van der Waals surface area (Å²) in [6.07, 6.45) is 4.10. The quantitative estimate of drug-likeness (QED) is 0.169. The number of hydrogen-bond acceptors (Lipinski definition) is 2. The number of fused-ring (bicyclic) bond motifs is 5. The van der Waals surface area contributed by atoms with Gasteiger partial charge in [0.15, 0.2) is 0 Å². The summed E-state index contributed by atoms with van der Waals surface area (Å²) in [4.78, 5) is 5.41. The van der Waals surface area contributed by atoms with Crippen LogP contribution in [-0.4, -0.2) is 18.5 Å². The minimum atomic E-state index is -2.33. The van der Waals surface area contributed by atoms with Crippen LogP contribution in [0.15, 0.2) is 91.3 Å². The van der Waals surface area contributed by atoms with Gasteiger partial charge in [0.25, 0.3) is 0 Å². The second-order valence-electron chi connectivity index (χ2n) is 12.7. The van der Waals surface area contributed by atoms with Crippen LogP contribution in [0.5, 0.6) is 11.5 Å². The predicted octanol–water partition coefficient (Wildman–Crippen LogP) is 8.72. The van der Waals surface area contributed by atoms with E-state index in [4.69, 9.17) is 17.9 Å². The second-order valence-corrected chi connectivity index (χ2v) is 13.7. The average molecular weight is 762 g/mol. The summed E-state index contributed by atoms with van der Waals surface area (Å²) in [5, 5.41) is 2.34. The van der Waals surface area contributed by atoms with Crippen LogP contribution >= 0.6 is 0 Å². The Kier molecular flexibility index (Phi) is 4.09. The van der Waals surface area contributed by atoms with Crippen LogP contribution in [0.25, 0.3) is 44.3 Å². The Labute approximate surface area is 275 Å². The van der Waals surface area contributed by atoms with Gasteiger partial charge >= 0.3 is 174 Å². The molecule has 220 valence electrons. The van der Waals surface area contributed by atoms with Gasteiger partial charge in [0.1, 0.15) is 0 Å². The van der Waals surface area contributed by atoms with Crippen molar-refractivity contribution in [2.24, 2.45) is 6.98 Å². The average Bonchev–Trinajstić information content (AvgIpc) is 3.66. The van der Waals surface area contributed by atoms with Crippen molar-refractivity contribution in [1.82, 2.24) is 18.5 Å². The predicted molar refractivity (Wildman–Crippen MR) is 173 cm³/mol. The van der Waals surface area contributed by atoms with Crippen LogP contribution in [0.3, 0.4) is 0 Å². The zero-order valence-electron chi connectivity index (χ0n) is 30.4. The van der Waals surface area contributed by atoms with E-state index in [1.54, 1.807) is 23.0 Å². The molecule has 0 bridgehead atoms. The van der Waals surface area contributed by atoms with E-state index < -0.39 is 13.8 Å². The largest absolute Gasteiger partial charge is 0.0619 e. The number of hydrogen-bond donors (Lipinski definition) is 0. The van der Waals surface area contributed by atoms with E-state index in [0.717, 1.165) is 61.9 Å². The molecule has 44 heavy (non-hydrogen) atoms. The summed E-state index contributed by atoms with van der Waals surface area (Å²) in [5.74, 6) is 1.14. The van der Waals surface area contributed by atoms with E-state index in [2.05, 4.69) is 49.4 Å². The minimum absolute atomic E-state index is 0.312. The Hall–Kier alpha value is -4.21. The van der Waals surface area contributed by atoms with Gasteiger partial charge in [-0.05, 0) is 24.4 Å². The first-order chi connectivity index (χ1) is 23.6. The molecule has 9 rings (SSSR count). The molecule has 1 atom stereocenters. The van der Waals surface area contributed by atoms with Gasteiger partial charge in [-0.25, -0.2) is 0 Å². The zero-order valence-corrected chi connectivity index (χ0v) is 26.7. The van der Waals surface area contributed by atoms with Gasteiger partial charge in [-0.2, -0.15) is 0 Å². The van der Waals surface area contributed by atoms with Gasteiger partial charge in [0, 0.05) is 20.5 Å². The Morgan fingerprint density at radius 2 is 1.77 bits per heavy atom. The molecule has 0 radical (unpaired) electrons. The molecule has 7 aromatic rings. The van der Waals surface area contributed by atoms with Gasteiger partial charge in [0.05, 0.1) is 0 Å². The first-order valence-corrected chi connectivity index (χ1v) is 15.8. The Bertz CT molecular complexity index is 2660. The van der Waals surface area contributed by atoms with Crippen molar-refractivity contribution in [2.75, 3.05) is 0 Å². The fraction of sp³-hybridized carbons (Fsp3) is 0.211. The summed E-state index contributed by atoms with van der Waals surface area (Å²) >= 11 is 2.01. The number of rotatable bonds is 3. The summed E-state index contributed by atoms with van der Waals surface area (Å²) in [6.45, 7) is 2.26. The number of nitrogens with zero attached hydrogens (tertiary/aromatic N) is 4. The van der Waals surface area contributed by atoms with E-state index in [-0.39, 0.29) is 10.8 Å². The normalized spacial score (nSPS) is 20.6. The van der Waals surface area contributed by atoms with Crippen LogP contribution in [0.2, 0.25) is 0 Å². The second kappa shape index (κ2) is 8.70. The molecule has 0 fully saturated rings. The van der Waals surface area contributed by atoms with Gasteiger partial charge in [-0.15, -0.1) is 0 Å². The van der Waals surface area contributed by atoms with E-state index in [0.29, 0.717) is 20.9 Å². The summed E-state index contributed by atoms with van der Waals surface area (Å²) < 4.78 is 61.6. The first kappa shape index (κ1) is 20.7. The molecular formula is C38H32N4OPt. The molecular weight excluding hydrogens is 724 g/mol. The van der Waals surface area contributed by atoms with E-state index in [1.165, 1.54) is 10.1 Å². The number of ether oxygens (including phenoxy) is 1. The third kappa shape index (κ3) is 3.23. The van der Waals surface area contributed by atoms with E-state index >= 15 is 0 Å². The van der Waals surface area contributed by atoms with Gasteiger partial charge < -0.3 is 0 Å². The van der Waals surface area contributed by atoms with Gasteiger partial charge in [-0.3, -0.25) is 0 Å². The van der Waals surface area contributed by atoms with Crippen molar-refractivity contribution in [3.8, 4) is 28.4 Å².